The summed E-state index contributed by atoms with van der Waals surface area (Å²) in [5.74, 6) is 0.917. The molecular formula is C26H23N7O. The lowest BCUT2D eigenvalue weighted by Crippen LogP contribution is -2.31. The van der Waals surface area contributed by atoms with Gasteiger partial charge in [-0.1, -0.05) is 59.8 Å². The average molecular weight is 450 g/mol. The van der Waals surface area contributed by atoms with Crippen LogP contribution in [0.2, 0.25) is 0 Å². The number of benzene rings is 3. The number of fused-ring (bicyclic) bond motifs is 1. The summed E-state index contributed by atoms with van der Waals surface area (Å²) in [5.41, 5.74) is 11.4. The highest BCUT2D eigenvalue weighted by Crippen LogP contribution is 2.44. The monoisotopic (exact) mass is 449 g/mol. The summed E-state index contributed by atoms with van der Waals surface area (Å²) in [4.78, 5) is 13.8. The standard InChI is InChI=1S/C26H23N7O/c27-26(34)33(20-9-5-2-6-10-20)25-21-15-19(13-14-22(21)28-30-25)23-24(18-11-12-18)32(31-29-23)16-17-7-3-1-4-8-17/h1-10,13-15,18H,11-12,16H2,(H2,27,34)(H,28,30). The second-order valence-electron chi connectivity index (χ2n) is 8.56. The fourth-order valence-electron chi connectivity index (χ4n) is 4.41. The minimum absolute atomic E-state index is 0.458. The number of carbonyl (C=O) groups excluding carboxylic acids is 1. The number of rotatable bonds is 6. The van der Waals surface area contributed by atoms with E-state index in [9.17, 15) is 4.79 Å². The van der Waals surface area contributed by atoms with Gasteiger partial charge in [0, 0.05) is 16.9 Å². The molecule has 8 heteroatoms. The number of hydrogen-bond donors (Lipinski definition) is 2. The van der Waals surface area contributed by atoms with Gasteiger partial charge in [0.05, 0.1) is 23.4 Å². The van der Waals surface area contributed by atoms with Crippen molar-refractivity contribution in [2.24, 2.45) is 5.73 Å². The Morgan fingerprint density at radius 3 is 2.47 bits per heavy atom. The smallest absolute Gasteiger partial charge is 0.325 e. The second-order valence-corrected chi connectivity index (χ2v) is 8.56. The summed E-state index contributed by atoms with van der Waals surface area (Å²) in [6, 6.07) is 24.9. The fraction of sp³-hybridized carbons (Fsp3) is 0.154. The van der Waals surface area contributed by atoms with E-state index in [4.69, 9.17) is 5.73 Å². The number of H-pyrrole nitrogens is 1. The molecule has 0 unspecified atom stereocenters. The second kappa shape index (κ2) is 8.15. The highest BCUT2D eigenvalue weighted by atomic mass is 16.2. The first kappa shape index (κ1) is 20.2. The zero-order valence-corrected chi connectivity index (χ0v) is 18.4. The summed E-state index contributed by atoms with van der Waals surface area (Å²) in [6.07, 6.45) is 2.27. The summed E-state index contributed by atoms with van der Waals surface area (Å²) in [5, 5.41) is 17.3. The maximum Gasteiger partial charge on any atom is 0.325 e. The maximum atomic E-state index is 12.4. The lowest BCUT2D eigenvalue weighted by atomic mass is 10.0. The van der Waals surface area contributed by atoms with Crippen LogP contribution in [0.25, 0.3) is 22.2 Å². The van der Waals surface area contributed by atoms with Gasteiger partial charge >= 0.3 is 6.03 Å². The topological polar surface area (TPSA) is 106 Å². The van der Waals surface area contributed by atoms with E-state index in [1.807, 2.05) is 71.4 Å². The van der Waals surface area contributed by atoms with Gasteiger partial charge in [0.15, 0.2) is 5.82 Å². The van der Waals surface area contributed by atoms with Crippen LogP contribution >= 0.6 is 0 Å². The van der Waals surface area contributed by atoms with Crippen LogP contribution in [0.1, 0.15) is 30.0 Å². The van der Waals surface area contributed by atoms with E-state index in [1.165, 1.54) is 10.5 Å². The Morgan fingerprint density at radius 2 is 1.76 bits per heavy atom. The van der Waals surface area contributed by atoms with Crippen molar-refractivity contribution in [3.63, 3.8) is 0 Å². The van der Waals surface area contributed by atoms with Crippen LogP contribution in [0.5, 0.6) is 0 Å². The lowest BCUT2D eigenvalue weighted by Gasteiger charge is -2.18. The average Bonchev–Trinajstić information content (AvgIpc) is 3.49. The maximum absolute atomic E-state index is 12.4. The van der Waals surface area contributed by atoms with E-state index >= 15 is 0 Å². The number of urea groups is 1. The van der Waals surface area contributed by atoms with Crippen LogP contribution in [0.15, 0.2) is 78.9 Å². The number of para-hydroxylation sites is 1. The molecule has 1 aliphatic carbocycles. The van der Waals surface area contributed by atoms with Gasteiger partial charge in [-0.15, -0.1) is 5.10 Å². The van der Waals surface area contributed by atoms with Crippen molar-refractivity contribution >= 4 is 28.4 Å². The third kappa shape index (κ3) is 3.59. The molecule has 2 amide bonds. The van der Waals surface area contributed by atoms with Crippen molar-refractivity contribution in [1.29, 1.82) is 0 Å². The number of aromatic amines is 1. The zero-order chi connectivity index (χ0) is 23.1. The molecule has 0 aliphatic heterocycles. The molecule has 168 valence electrons. The number of hydrogen-bond acceptors (Lipinski definition) is 4. The molecule has 34 heavy (non-hydrogen) atoms. The van der Waals surface area contributed by atoms with Crippen molar-refractivity contribution in [3.05, 3.63) is 90.1 Å². The zero-order valence-electron chi connectivity index (χ0n) is 18.4. The van der Waals surface area contributed by atoms with Crippen molar-refractivity contribution in [3.8, 4) is 11.3 Å². The van der Waals surface area contributed by atoms with Crippen LogP contribution in [0.4, 0.5) is 16.3 Å². The minimum Gasteiger partial charge on any atom is -0.351 e. The lowest BCUT2D eigenvalue weighted by molar-refractivity contribution is 0.256. The number of nitrogens with one attached hydrogen (secondary N) is 1. The molecule has 0 saturated heterocycles. The first-order valence-electron chi connectivity index (χ1n) is 11.3. The molecule has 2 aromatic heterocycles. The molecular weight excluding hydrogens is 426 g/mol. The molecule has 0 bridgehead atoms. The first-order chi connectivity index (χ1) is 16.7. The molecule has 0 atom stereocenters. The van der Waals surface area contributed by atoms with E-state index in [-0.39, 0.29) is 0 Å². The van der Waals surface area contributed by atoms with Crippen LogP contribution in [0, 0.1) is 0 Å². The van der Waals surface area contributed by atoms with Gasteiger partial charge in [-0.3, -0.25) is 5.10 Å². The number of amides is 2. The molecule has 3 N–H and O–H groups in total. The van der Waals surface area contributed by atoms with E-state index in [2.05, 4.69) is 32.6 Å². The van der Waals surface area contributed by atoms with Crippen molar-refractivity contribution in [2.75, 3.05) is 4.90 Å². The molecule has 6 rings (SSSR count). The first-order valence-corrected chi connectivity index (χ1v) is 11.3. The quantitative estimate of drug-likeness (QED) is 0.382. The number of anilines is 2. The summed E-state index contributed by atoms with van der Waals surface area (Å²) in [6.45, 7) is 0.683. The van der Waals surface area contributed by atoms with Gasteiger partial charge in [0.25, 0.3) is 0 Å². The number of aromatic nitrogens is 5. The SMILES string of the molecule is NC(=O)N(c1ccccc1)c1n[nH]c2ccc(-c3nnn(Cc4ccccc4)c3C3CC3)cc12. The molecule has 0 radical (unpaired) electrons. The Morgan fingerprint density at radius 1 is 1.03 bits per heavy atom. The van der Waals surface area contributed by atoms with Crippen molar-refractivity contribution < 1.29 is 4.79 Å². The van der Waals surface area contributed by atoms with Gasteiger partial charge in [-0.05, 0) is 42.7 Å². The molecule has 3 aromatic carbocycles. The molecule has 1 fully saturated rings. The molecule has 0 spiro atoms. The normalized spacial score (nSPS) is 13.3. The van der Waals surface area contributed by atoms with E-state index in [0.29, 0.717) is 24.0 Å². The Kier molecular flexibility index (Phi) is 4.83. The number of primary amides is 1. The van der Waals surface area contributed by atoms with Gasteiger partial charge in [-0.25, -0.2) is 14.4 Å². The number of nitrogens with two attached hydrogens (primary N) is 1. The number of carbonyl (C=O) groups is 1. The summed E-state index contributed by atoms with van der Waals surface area (Å²) in [7, 11) is 0. The van der Waals surface area contributed by atoms with Crippen LogP contribution in [-0.2, 0) is 6.54 Å². The van der Waals surface area contributed by atoms with Crippen molar-refractivity contribution in [2.45, 2.75) is 25.3 Å². The van der Waals surface area contributed by atoms with Crippen LogP contribution in [0.3, 0.4) is 0 Å². The Hall–Kier alpha value is -4.46. The van der Waals surface area contributed by atoms with E-state index in [0.717, 1.165) is 40.7 Å². The summed E-state index contributed by atoms with van der Waals surface area (Å²) >= 11 is 0. The largest absolute Gasteiger partial charge is 0.351 e. The van der Waals surface area contributed by atoms with Gasteiger partial charge < -0.3 is 5.73 Å². The third-order valence-electron chi connectivity index (χ3n) is 6.18. The summed E-state index contributed by atoms with van der Waals surface area (Å²) < 4.78 is 2.02. The Bertz CT molecular complexity index is 1470. The van der Waals surface area contributed by atoms with Gasteiger partial charge in [-0.2, -0.15) is 5.10 Å². The predicted octanol–water partition coefficient (Wildman–Crippen LogP) is 4.96. The van der Waals surface area contributed by atoms with Gasteiger partial charge in [0.1, 0.15) is 5.69 Å². The molecule has 2 heterocycles. The van der Waals surface area contributed by atoms with Gasteiger partial charge in [0.2, 0.25) is 0 Å². The molecule has 8 nitrogen and oxygen atoms in total. The predicted molar refractivity (Wildman–Crippen MR) is 131 cm³/mol. The van der Waals surface area contributed by atoms with Crippen molar-refractivity contribution in [1.82, 2.24) is 25.2 Å². The van der Waals surface area contributed by atoms with E-state index in [1.54, 1.807) is 0 Å². The minimum atomic E-state index is -0.600. The van der Waals surface area contributed by atoms with E-state index < -0.39 is 6.03 Å². The fourth-order valence-corrected chi connectivity index (χ4v) is 4.41. The Balaban J connectivity index is 1.44. The highest BCUT2D eigenvalue weighted by molar-refractivity contribution is 6.06. The Labute approximate surface area is 196 Å². The molecule has 1 aliphatic rings. The molecule has 5 aromatic rings. The molecule has 1 saturated carbocycles. The highest BCUT2D eigenvalue weighted by Gasteiger charge is 2.32. The number of nitrogens with zero attached hydrogens (tertiary/aromatic N) is 5. The third-order valence-corrected chi connectivity index (χ3v) is 6.18. The van der Waals surface area contributed by atoms with Crippen LogP contribution < -0.4 is 10.6 Å². The van der Waals surface area contributed by atoms with Crippen LogP contribution in [-0.4, -0.2) is 31.2 Å².